The van der Waals surface area contributed by atoms with E-state index >= 15 is 0 Å². The summed E-state index contributed by atoms with van der Waals surface area (Å²) in [6.07, 6.45) is 4.14. The number of hydrogen-bond donors (Lipinski definition) is 1. The summed E-state index contributed by atoms with van der Waals surface area (Å²) in [5, 5.41) is 9.50. The van der Waals surface area contributed by atoms with Gasteiger partial charge in [0.15, 0.2) is 0 Å². The Kier molecular flexibility index (Phi) is 4.04. The van der Waals surface area contributed by atoms with E-state index in [0.29, 0.717) is 24.4 Å². The Morgan fingerprint density at radius 2 is 2.26 bits per heavy atom. The van der Waals surface area contributed by atoms with E-state index in [1.807, 2.05) is 6.92 Å². The largest absolute Gasteiger partial charge is 0.480 e. The van der Waals surface area contributed by atoms with Crippen LogP contribution >= 0.6 is 11.6 Å². The topological polar surface area (TPSA) is 70.5 Å². The molecule has 1 amide bonds. The molecule has 0 spiro atoms. The Hall–Kier alpha value is -1.62. The maximum Gasteiger partial charge on any atom is 0.326 e. The zero-order chi connectivity index (χ0) is 14.0. The van der Waals surface area contributed by atoms with Crippen LogP contribution in [-0.4, -0.2) is 39.5 Å². The number of carboxylic acids is 1. The molecule has 1 fully saturated rings. The number of carbonyl (C=O) groups excluding carboxylic acids is 1. The number of piperidine rings is 1. The maximum atomic E-state index is 12.4. The normalized spacial score (nSPS) is 23.2. The number of aromatic nitrogens is 1. The molecule has 2 rings (SSSR count). The minimum atomic E-state index is -0.968. The first-order valence-electron chi connectivity index (χ1n) is 6.14. The van der Waals surface area contributed by atoms with Gasteiger partial charge in [0.05, 0.1) is 10.6 Å². The highest BCUT2D eigenvalue weighted by Gasteiger charge is 2.35. The van der Waals surface area contributed by atoms with E-state index in [2.05, 4.69) is 4.98 Å². The van der Waals surface area contributed by atoms with Gasteiger partial charge in [0.1, 0.15) is 6.04 Å². The van der Waals surface area contributed by atoms with E-state index in [-0.39, 0.29) is 10.9 Å². The Labute approximate surface area is 116 Å². The summed E-state index contributed by atoms with van der Waals surface area (Å²) in [6.45, 7) is 2.44. The fourth-order valence-corrected chi connectivity index (χ4v) is 2.52. The van der Waals surface area contributed by atoms with Gasteiger partial charge in [-0.3, -0.25) is 9.78 Å². The molecule has 2 atom stereocenters. The van der Waals surface area contributed by atoms with Crippen LogP contribution in [0, 0.1) is 5.92 Å². The molecule has 6 heteroatoms. The number of carboxylic acid groups (broad SMARTS) is 1. The molecule has 1 saturated heterocycles. The molecule has 5 nitrogen and oxygen atoms in total. The van der Waals surface area contributed by atoms with Crippen molar-refractivity contribution in [3.05, 3.63) is 29.0 Å². The predicted molar refractivity (Wildman–Crippen MR) is 70.1 cm³/mol. The number of carbonyl (C=O) groups is 2. The molecular weight excluding hydrogens is 268 g/mol. The van der Waals surface area contributed by atoms with Crippen LogP contribution in [-0.2, 0) is 4.79 Å². The van der Waals surface area contributed by atoms with E-state index in [1.165, 1.54) is 23.4 Å². The Morgan fingerprint density at radius 3 is 2.89 bits per heavy atom. The van der Waals surface area contributed by atoms with Crippen LogP contribution in [0.15, 0.2) is 18.5 Å². The third kappa shape index (κ3) is 2.87. The highest BCUT2D eigenvalue weighted by atomic mass is 35.5. The molecule has 2 heterocycles. The highest BCUT2D eigenvalue weighted by molar-refractivity contribution is 6.33. The molecule has 1 aliphatic heterocycles. The summed E-state index contributed by atoms with van der Waals surface area (Å²) < 4.78 is 0. The lowest BCUT2D eigenvalue weighted by Crippen LogP contribution is -2.49. The number of nitrogens with zero attached hydrogens (tertiary/aromatic N) is 2. The SMILES string of the molecule is CC1CCN(C(=O)c2ccncc2Cl)C(C(=O)O)C1. The monoisotopic (exact) mass is 282 g/mol. The molecule has 1 N–H and O–H groups in total. The van der Waals surface area contributed by atoms with E-state index in [1.54, 1.807) is 0 Å². The summed E-state index contributed by atoms with van der Waals surface area (Å²) in [5.41, 5.74) is 0.303. The van der Waals surface area contributed by atoms with Crippen LogP contribution in [0.3, 0.4) is 0 Å². The molecule has 1 aliphatic rings. The molecule has 0 bridgehead atoms. The number of rotatable bonds is 2. The van der Waals surface area contributed by atoms with Crippen molar-refractivity contribution in [3.63, 3.8) is 0 Å². The zero-order valence-electron chi connectivity index (χ0n) is 10.5. The summed E-state index contributed by atoms with van der Waals surface area (Å²) in [6, 6.07) is 0.738. The number of halogens is 1. The van der Waals surface area contributed by atoms with Gasteiger partial charge >= 0.3 is 5.97 Å². The second-order valence-electron chi connectivity index (χ2n) is 4.84. The van der Waals surface area contributed by atoms with Crippen LogP contribution in [0.5, 0.6) is 0 Å². The summed E-state index contributed by atoms with van der Waals surface area (Å²) >= 11 is 5.94. The van der Waals surface area contributed by atoms with Crippen LogP contribution in [0.4, 0.5) is 0 Å². The predicted octanol–water partition coefficient (Wildman–Crippen LogP) is 2.06. The molecular formula is C13H15ClN2O3. The van der Waals surface area contributed by atoms with Gasteiger partial charge in [0, 0.05) is 18.9 Å². The van der Waals surface area contributed by atoms with E-state index in [0.717, 1.165) is 6.42 Å². The Morgan fingerprint density at radius 1 is 1.53 bits per heavy atom. The third-order valence-electron chi connectivity index (χ3n) is 3.41. The molecule has 0 aliphatic carbocycles. The summed E-state index contributed by atoms with van der Waals surface area (Å²) in [5.74, 6) is -1.00. The summed E-state index contributed by atoms with van der Waals surface area (Å²) in [4.78, 5) is 28.9. The molecule has 19 heavy (non-hydrogen) atoms. The highest BCUT2D eigenvalue weighted by Crippen LogP contribution is 2.26. The van der Waals surface area contributed by atoms with Crippen molar-refractivity contribution in [1.82, 2.24) is 9.88 Å². The average molecular weight is 283 g/mol. The number of aliphatic carboxylic acids is 1. The van der Waals surface area contributed by atoms with Gasteiger partial charge in [-0.05, 0) is 24.8 Å². The minimum Gasteiger partial charge on any atom is -0.480 e. The number of pyridine rings is 1. The van der Waals surface area contributed by atoms with E-state index in [9.17, 15) is 14.7 Å². The van der Waals surface area contributed by atoms with Crippen molar-refractivity contribution < 1.29 is 14.7 Å². The fraction of sp³-hybridized carbons (Fsp3) is 0.462. The number of likely N-dealkylation sites (tertiary alicyclic amines) is 1. The van der Waals surface area contributed by atoms with Crippen LogP contribution in [0.2, 0.25) is 5.02 Å². The molecule has 0 aromatic carbocycles. The van der Waals surface area contributed by atoms with Crippen LogP contribution in [0.25, 0.3) is 0 Å². The van der Waals surface area contributed by atoms with Crippen molar-refractivity contribution in [3.8, 4) is 0 Å². The van der Waals surface area contributed by atoms with Crippen molar-refractivity contribution in [2.24, 2.45) is 5.92 Å². The molecule has 0 radical (unpaired) electrons. The van der Waals surface area contributed by atoms with Crippen LogP contribution < -0.4 is 0 Å². The smallest absolute Gasteiger partial charge is 0.326 e. The summed E-state index contributed by atoms with van der Waals surface area (Å²) in [7, 11) is 0. The first-order chi connectivity index (χ1) is 9.00. The van der Waals surface area contributed by atoms with Gasteiger partial charge in [-0.1, -0.05) is 18.5 Å². The molecule has 1 aromatic rings. The van der Waals surface area contributed by atoms with Gasteiger partial charge in [-0.2, -0.15) is 0 Å². The molecule has 102 valence electrons. The third-order valence-corrected chi connectivity index (χ3v) is 3.71. The van der Waals surface area contributed by atoms with E-state index < -0.39 is 12.0 Å². The van der Waals surface area contributed by atoms with Crippen LogP contribution in [0.1, 0.15) is 30.1 Å². The first kappa shape index (κ1) is 13.8. The van der Waals surface area contributed by atoms with Gasteiger partial charge in [0.2, 0.25) is 0 Å². The molecule has 0 saturated carbocycles. The second kappa shape index (κ2) is 5.57. The standard InChI is InChI=1S/C13H15ClN2O3/c1-8-3-5-16(11(6-8)13(18)19)12(17)9-2-4-15-7-10(9)14/h2,4,7-8,11H,3,5-6H2,1H3,(H,18,19). The quantitative estimate of drug-likeness (QED) is 0.901. The van der Waals surface area contributed by atoms with Crippen molar-refractivity contribution in [1.29, 1.82) is 0 Å². The van der Waals surface area contributed by atoms with Gasteiger partial charge in [-0.25, -0.2) is 4.79 Å². The van der Waals surface area contributed by atoms with Crippen molar-refractivity contribution in [2.45, 2.75) is 25.8 Å². The molecule has 1 aromatic heterocycles. The van der Waals surface area contributed by atoms with Gasteiger partial charge < -0.3 is 10.0 Å². The lowest BCUT2D eigenvalue weighted by molar-refractivity contribution is -0.144. The van der Waals surface area contributed by atoms with Crippen molar-refractivity contribution >= 4 is 23.5 Å². The first-order valence-corrected chi connectivity index (χ1v) is 6.51. The Bertz CT molecular complexity index is 506. The minimum absolute atomic E-state index is 0.246. The molecule has 2 unspecified atom stereocenters. The number of amides is 1. The number of hydrogen-bond acceptors (Lipinski definition) is 3. The average Bonchev–Trinajstić information content (AvgIpc) is 2.38. The van der Waals surface area contributed by atoms with Gasteiger partial charge in [0.25, 0.3) is 5.91 Å². The maximum absolute atomic E-state index is 12.4. The Balaban J connectivity index is 2.27. The lowest BCUT2D eigenvalue weighted by atomic mass is 9.92. The lowest BCUT2D eigenvalue weighted by Gasteiger charge is -2.36. The fourth-order valence-electron chi connectivity index (χ4n) is 2.32. The second-order valence-corrected chi connectivity index (χ2v) is 5.24. The van der Waals surface area contributed by atoms with Gasteiger partial charge in [-0.15, -0.1) is 0 Å². The van der Waals surface area contributed by atoms with Crippen molar-refractivity contribution in [2.75, 3.05) is 6.54 Å². The zero-order valence-corrected chi connectivity index (χ0v) is 11.3. The van der Waals surface area contributed by atoms with E-state index in [4.69, 9.17) is 11.6 Å².